The number of anilines is 2. The Hall–Kier alpha value is -2.72. The fraction of sp³-hybridized carbons (Fsp3) is 0.500. The molecule has 10 heteroatoms. The molecule has 8 nitrogen and oxygen atoms in total. The van der Waals surface area contributed by atoms with Gasteiger partial charge in [0, 0.05) is 25.2 Å². The SMILES string of the molecule is CCCCC1(Br)C(=O)c2cc(OCCCCOc3ccc4c(c3)C(=O)C(Br)(CCCC)C(=O)N4C)ccc2N(C)C1=O. The summed E-state index contributed by atoms with van der Waals surface area (Å²) in [6, 6.07) is 10.5. The fourth-order valence-electron chi connectivity index (χ4n) is 5.40. The van der Waals surface area contributed by atoms with Gasteiger partial charge in [0.25, 0.3) is 11.8 Å². The smallest absolute Gasteiger partial charge is 0.251 e. The van der Waals surface area contributed by atoms with Gasteiger partial charge in [-0.3, -0.25) is 19.2 Å². The molecule has 0 saturated carbocycles. The van der Waals surface area contributed by atoms with E-state index in [1.165, 1.54) is 9.80 Å². The van der Waals surface area contributed by atoms with E-state index in [9.17, 15) is 19.2 Å². The van der Waals surface area contributed by atoms with Crippen molar-refractivity contribution in [3.63, 3.8) is 0 Å². The summed E-state index contributed by atoms with van der Waals surface area (Å²) in [5.41, 5.74) is 2.11. The Morgan fingerprint density at radius 1 is 0.643 bits per heavy atom. The van der Waals surface area contributed by atoms with E-state index < -0.39 is 8.65 Å². The molecule has 2 atom stereocenters. The lowest BCUT2D eigenvalue weighted by atomic mass is 9.86. The van der Waals surface area contributed by atoms with Gasteiger partial charge in [-0.1, -0.05) is 71.4 Å². The van der Waals surface area contributed by atoms with Crippen molar-refractivity contribution >= 4 is 66.6 Å². The molecule has 2 unspecified atom stereocenters. The minimum absolute atomic E-state index is 0.227. The lowest BCUT2D eigenvalue weighted by molar-refractivity contribution is -0.120. The number of unbranched alkanes of at least 4 members (excludes halogenated alkanes) is 3. The molecule has 2 amide bonds. The van der Waals surface area contributed by atoms with Crippen LogP contribution in [0.2, 0.25) is 0 Å². The molecule has 4 rings (SSSR count). The van der Waals surface area contributed by atoms with E-state index in [1.807, 2.05) is 13.8 Å². The molecule has 2 aromatic carbocycles. The first-order valence-electron chi connectivity index (χ1n) is 14.6. The average Bonchev–Trinajstić information content (AvgIpc) is 3.00. The second-order valence-corrected chi connectivity index (χ2v) is 13.7. The minimum Gasteiger partial charge on any atom is -0.494 e. The Morgan fingerprint density at radius 2 is 1.02 bits per heavy atom. The molecule has 0 bridgehead atoms. The number of benzene rings is 2. The van der Waals surface area contributed by atoms with Gasteiger partial charge in [-0.2, -0.15) is 0 Å². The third kappa shape index (κ3) is 6.02. The monoisotopic (exact) mass is 704 g/mol. The molecule has 2 aromatic rings. The number of Topliss-reactive ketones (excluding diaryl/α,β-unsaturated/α-hetero) is 2. The fourth-order valence-corrected chi connectivity index (χ4v) is 6.92. The Kier molecular flexibility index (Phi) is 10.2. The highest BCUT2D eigenvalue weighted by Crippen LogP contribution is 2.42. The molecule has 0 spiro atoms. The van der Waals surface area contributed by atoms with Crippen LogP contribution in [-0.2, 0) is 9.59 Å². The molecule has 226 valence electrons. The number of rotatable bonds is 13. The number of fused-ring (bicyclic) bond motifs is 2. The van der Waals surface area contributed by atoms with Crippen molar-refractivity contribution in [2.75, 3.05) is 37.1 Å². The number of hydrogen-bond acceptors (Lipinski definition) is 6. The van der Waals surface area contributed by atoms with Crippen LogP contribution in [0.25, 0.3) is 0 Å². The molecule has 0 aromatic heterocycles. The molecule has 0 N–H and O–H groups in total. The number of ketones is 2. The molecule has 0 fully saturated rings. The summed E-state index contributed by atoms with van der Waals surface area (Å²) in [6.07, 6.45) is 5.61. The summed E-state index contributed by atoms with van der Waals surface area (Å²) in [6.45, 7) is 4.92. The Morgan fingerprint density at radius 3 is 1.38 bits per heavy atom. The number of hydrogen-bond donors (Lipinski definition) is 0. The number of halogens is 2. The van der Waals surface area contributed by atoms with E-state index in [2.05, 4.69) is 31.9 Å². The van der Waals surface area contributed by atoms with Crippen LogP contribution in [0.5, 0.6) is 11.5 Å². The van der Waals surface area contributed by atoms with E-state index >= 15 is 0 Å². The minimum atomic E-state index is -1.24. The van der Waals surface area contributed by atoms with Crippen LogP contribution in [-0.4, -0.2) is 59.3 Å². The summed E-state index contributed by atoms with van der Waals surface area (Å²) in [5, 5.41) is 0. The van der Waals surface area contributed by atoms with Crippen LogP contribution >= 0.6 is 31.9 Å². The zero-order chi connectivity index (χ0) is 30.7. The zero-order valence-electron chi connectivity index (χ0n) is 24.6. The molecule has 0 saturated heterocycles. The highest BCUT2D eigenvalue weighted by Gasteiger charge is 2.51. The van der Waals surface area contributed by atoms with Crippen molar-refractivity contribution < 1.29 is 28.7 Å². The largest absolute Gasteiger partial charge is 0.494 e. The first kappa shape index (κ1) is 32.2. The van der Waals surface area contributed by atoms with Crippen LogP contribution in [0.15, 0.2) is 36.4 Å². The highest BCUT2D eigenvalue weighted by atomic mass is 79.9. The highest BCUT2D eigenvalue weighted by molar-refractivity contribution is 9.10. The number of alkyl halides is 2. The Bertz CT molecular complexity index is 1280. The summed E-state index contributed by atoms with van der Waals surface area (Å²) in [4.78, 5) is 55.6. The van der Waals surface area contributed by atoms with Gasteiger partial charge in [-0.15, -0.1) is 0 Å². The van der Waals surface area contributed by atoms with Gasteiger partial charge in [0.2, 0.25) is 0 Å². The number of amides is 2. The Balaban J connectivity index is 1.32. The first-order chi connectivity index (χ1) is 20.0. The van der Waals surface area contributed by atoms with Gasteiger partial charge in [-0.05, 0) is 62.1 Å². The van der Waals surface area contributed by atoms with Crippen molar-refractivity contribution in [2.45, 2.75) is 73.9 Å². The molecule has 2 aliphatic heterocycles. The van der Waals surface area contributed by atoms with Crippen molar-refractivity contribution in [2.24, 2.45) is 0 Å². The Labute approximate surface area is 264 Å². The second kappa shape index (κ2) is 13.3. The van der Waals surface area contributed by atoms with E-state index in [-0.39, 0.29) is 23.4 Å². The van der Waals surface area contributed by atoms with Gasteiger partial charge < -0.3 is 19.3 Å². The lowest BCUT2D eigenvalue weighted by Crippen LogP contribution is -2.53. The number of nitrogens with zero attached hydrogens (tertiary/aromatic N) is 2. The standard InChI is InChI=1S/C32H38Br2N2O6/c1-5-7-15-31(33)27(37)23-19-21(11-13-25(23)35(3)29(31)39)41-17-9-10-18-42-22-12-14-26-24(20-22)28(38)32(34,16-8-6-2)30(40)36(26)4/h11-14,19-20H,5-10,15-18H2,1-4H3. The van der Waals surface area contributed by atoms with Crippen molar-refractivity contribution in [3.8, 4) is 11.5 Å². The quantitative estimate of drug-likeness (QED) is 0.128. The number of carbonyl (C=O) groups excluding carboxylic acids is 4. The van der Waals surface area contributed by atoms with Gasteiger partial charge in [0.1, 0.15) is 11.5 Å². The third-order valence-electron chi connectivity index (χ3n) is 7.98. The van der Waals surface area contributed by atoms with Gasteiger partial charge in [0.05, 0.1) is 24.6 Å². The summed E-state index contributed by atoms with van der Waals surface area (Å²) in [7, 11) is 3.38. The van der Waals surface area contributed by atoms with Crippen LogP contribution in [0.4, 0.5) is 11.4 Å². The first-order valence-corrected chi connectivity index (χ1v) is 16.2. The van der Waals surface area contributed by atoms with Crippen molar-refractivity contribution in [3.05, 3.63) is 47.5 Å². The van der Waals surface area contributed by atoms with E-state index in [4.69, 9.17) is 9.47 Å². The summed E-state index contributed by atoms with van der Waals surface area (Å²) >= 11 is 6.95. The van der Waals surface area contributed by atoms with Gasteiger partial charge >= 0.3 is 0 Å². The van der Waals surface area contributed by atoms with Crippen LogP contribution < -0.4 is 19.3 Å². The average molecular weight is 706 g/mol. The predicted octanol–water partition coefficient (Wildman–Crippen LogP) is 6.89. The predicted molar refractivity (Wildman–Crippen MR) is 171 cm³/mol. The van der Waals surface area contributed by atoms with Crippen molar-refractivity contribution in [1.29, 1.82) is 0 Å². The van der Waals surface area contributed by atoms with E-state index in [0.717, 1.165) is 25.7 Å². The summed E-state index contributed by atoms with van der Waals surface area (Å²) < 4.78 is 9.40. The normalized spacial score (nSPS) is 21.9. The van der Waals surface area contributed by atoms with Crippen LogP contribution in [0, 0.1) is 0 Å². The number of carbonyl (C=O) groups is 4. The maximum Gasteiger partial charge on any atom is 0.251 e. The second-order valence-electron chi connectivity index (χ2n) is 11.0. The summed E-state index contributed by atoms with van der Waals surface area (Å²) in [5.74, 6) is 0.209. The molecule has 2 heterocycles. The lowest BCUT2D eigenvalue weighted by Gasteiger charge is -2.36. The van der Waals surface area contributed by atoms with Gasteiger partial charge in [0.15, 0.2) is 20.2 Å². The maximum atomic E-state index is 13.3. The van der Waals surface area contributed by atoms with E-state index in [1.54, 1.807) is 50.5 Å². The third-order valence-corrected chi connectivity index (χ3v) is 10.2. The van der Waals surface area contributed by atoms with Gasteiger partial charge in [-0.25, -0.2) is 0 Å². The van der Waals surface area contributed by atoms with Crippen LogP contribution in [0.1, 0.15) is 85.9 Å². The maximum absolute atomic E-state index is 13.3. The molecular formula is C32H38Br2N2O6. The number of ether oxygens (including phenoxy) is 2. The molecule has 0 aliphatic carbocycles. The van der Waals surface area contributed by atoms with Crippen LogP contribution in [0.3, 0.4) is 0 Å². The molecule has 2 aliphatic rings. The van der Waals surface area contributed by atoms with E-state index in [0.29, 0.717) is 72.9 Å². The van der Waals surface area contributed by atoms with Crippen molar-refractivity contribution in [1.82, 2.24) is 0 Å². The molecular weight excluding hydrogens is 668 g/mol. The molecule has 0 radical (unpaired) electrons. The zero-order valence-corrected chi connectivity index (χ0v) is 27.8. The molecule has 42 heavy (non-hydrogen) atoms. The topological polar surface area (TPSA) is 93.2 Å².